The van der Waals surface area contributed by atoms with Gasteiger partial charge in [-0.3, -0.25) is 15.0 Å². The Bertz CT molecular complexity index is 1210. The van der Waals surface area contributed by atoms with Gasteiger partial charge in [-0.2, -0.15) is 13.2 Å². The summed E-state index contributed by atoms with van der Waals surface area (Å²) >= 11 is 0. The van der Waals surface area contributed by atoms with E-state index < -0.39 is 67.6 Å². The number of ether oxygens (including phenoxy) is 3. The summed E-state index contributed by atoms with van der Waals surface area (Å²) < 4.78 is 56.7. The molecule has 2 aliphatic rings. The summed E-state index contributed by atoms with van der Waals surface area (Å²) in [6, 6.07) is 12.0. The zero-order valence-corrected chi connectivity index (χ0v) is 20.5. The second-order valence-electron chi connectivity index (χ2n) is 9.18. The van der Waals surface area contributed by atoms with Gasteiger partial charge in [0.25, 0.3) is 0 Å². The Morgan fingerprint density at radius 2 is 1.53 bits per heavy atom. The van der Waals surface area contributed by atoms with E-state index in [1.54, 1.807) is 53.8 Å². The quantitative estimate of drug-likeness (QED) is 0.565. The highest BCUT2D eigenvalue weighted by Gasteiger charge is 2.53. The molecule has 2 saturated heterocycles. The van der Waals surface area contributed by atoms with E-state index in [9.17, 15) is 32.3 Å². The molecule has 3 amide bonds. The molecule has 9 nitrogen and oxygen atoms in total. The van der Waals surface area contributed by atoms with Crippen LogP contribution in [0.4, 0.5) is 18.0 Å². The van der Waals surface area contributed by atoms with Crippen LogP contribution in [0.1, 0.15) is 38.3 Å². The number of esters is 2. The molecule has 2 aromatic carbocycles. The molecule has 12 heteroatoms. The van der Waals surface area contributed by atoms with Crippen LogP contribution in [0.25, 0.3) is 0 Å². The summed E-state index contributed by atoms with van der Waals surface area (Å²) in [5, 5.41) is 1.70. The van der Waals surface area contributed by atoms with Crippen LogP contribution in [0, 0.1) is 19.8 Å². The second-order valence-corrected chi connectivity index (χ2v) is 9.18. The molecule has 4 atom stereocenters. The molecule has 0 aromatic heterocycles. The maximum Gasteiger partial charge on any atom is 0.402 e. The van der Waals surface area contributed by atoms with Crippen LogP contribution >= 0.6 is 0 Å². The first-order valence-corrected chi connectivity index (χ1v) is 11.8. The average Bonchev–Trinajstić information content (AvgIpc) is 3.24. The molecule has 202 valence electrons. The van der Waals surface area contributed by atoms with Crippen molar-refractivity contribution in [2.75, 3.05) is 13.2 Å². The van der Waals surface area contributed by atoms with E-state index >= 15 is 0 Å². The number of alkyl halides is 3. The van der Waals surface area contributed by atoms with E-state index in [1.165, 1.54) is 0 Å². The summed E-state index contributed by atoms with van der Waals surface area (Å²) in [6.07, 6.45) is -8.50. The number of hydrogen-bond acceptors (Lipinski definition) is 7. The molecule has 38 heavy (non-hydrogen) atoms. The largest absolute Gasteiger partial charge is 0.459 e. The minimum Gasteiger partial charge on any atom is -0.459 e. The van der Waals surface area contributed by atoms with Crippen LogP contribution in [-0.2, 0) is 19.0 Å². The van der Waals surface area contributed by atoms with Gasteiger partial charge >= 0.3 is 24.1 Å². The van der Waals surface area contributed by atoms with Crippen molar-refractivity contribution in [2.45, 2.75) is 44.9 Å². The average molecular weight is 534 g/mol. The van der Waals surface area contributed by atoms with Crippen LogP contribution in [-0.4, -0.2) is 66.5 Å². The highest BCUT2D eigenvalue weighted by molar-refractivity contribution is 5.98. The first-order chi connectivity index (χ1) is 17.9. The Morgan fingerprint density at radius 3 is 2.08 bits per heavy atom. The van der Waals surface area contributed by atoms with Crippen LogP contribution in [0.5, 0.6) is 0 Å². The number of carbonyl (C=O) groups excluding carboxylic acids is 4. The van der Waals surface area contributed by atoms with Crippen LogP contribution in [0.2, 0.25) is 0 Å². The molecule has 1 N–H and O–H groups in total. The number of halogens is 3. The molecule has 2 aromatic rings. The number of rotatable bonds is 6. The summed E-state index contributed by atoms with van der Waals surface area (Å²) in [6.45, 7) is 2.33. The number of urea groups is 1. The van der Waals surface area contributed by atoms with E-state index in [1.807, 2.05) is 13.8 Å². The first-order valence-electron chi connectivity index (χ1n) is 11.8. The molecule has 0 spiro atoms. The maximum absolute atomic E-state index is 13.3. The van der Waals surface area contributed by atoms with Gasteiger partial charge in [0.1, 0.15) is 25.0 Å². The minimum absolute atomic E-state index is 0.198. The molecule has 0 saturated carbocycles. The molecule has 1 unspecified atom stereocenters. The topological polar surface area (TPSA) is 111 Å². The summed E-state index contributed by atoms with van der Waals surface area (Å²) in [4.78, 5) is 50.1. The molecule has 2 aliphatic heterocycles. The molecule has 0 aliphatic carbocycles. The molecule has 2 fully saturated rings. The summed E-state index contributed by atoms with van der Waals surface area (Å²) in [5.41, 5.74) is 2.34. The van der Waals surface area contributed by atoms with E-state index in [2.05, 4.69) is 0 Å². The fraction of sp³-hybridized carbons (Fsp3) is 0.385. The number of carbonyl (C=O) groups is 4. The normalized spacial score (nSPS) is 23.7. The lowest BCUT2D eigenvalue weighted by Crippen LogP contribution is -2.60. The molecule has 0 radical (unpaired) electrons. The number of nitrogens with one attached hydrogen (secondary N) is 1. The predicted octanol–water partition coefficient (Wildman–Crippen LogP) is 3.53. The summed E-state index contributed by atoms with van der Waals surface area (Å²) in [7, 11) is 0. The van der Waals surface area contributed by atoms with E-state index in [-0.39, 0.29) is 17.5 Å². The third kappa shape index (κ3) is 6.13. The number of aryl methyl sites for hydroxylation is 2. The standard InChI is InChI=1S/C26H25F3N2O7/c1-14-3-7-16(8-4-14)23(33)36-13-20-19(38-24(34)17-9-5-15(2)6-10-17)11-21(37-20)31-12-18(26(27,28)29)22(32)30-25(31)35/h3-10,18-21H,11-13H2,1-2H3,(H,30,32,35)/t18?,19-,20+,21+/m0/s1. The van der Waals surface area contributed by atoms with Crippen LogP contribution < -0.4 is 5.32 Å². The third-order valence-electron chi connectivity index (χ3n) is 6.32. The van der Waals surface area contributed by atoms with Gasteiger partial charge in [-0.1, -0.05) is 35.4 Å². The molecular formula is C26H25F3N2O7. The second kappa shape index (κ2) is 10.8. The molecule has 2 heterocycles. The zero-order chi connectivity index (χ0) is 27.6. The van der Waals surface area contributed by atoms with Crippen molar-refractivity contribution in [1.82, 2.24) is 10.2 Å². The fourth-order valence-electron chi connectivity index (χ4n) is 4.12. The van der Waals surface area contributed by atoms with Crippen molar-refractivity contribution in [3.05, 3.63) is 70.8 Å². The van der Waals surface area contributed by atoms with Gasteiger partial charge in [0, 0.05) is 13.0 Å². The van der Waals surface area contributed by atoms with Gasteiger partial charge in [0.05, 0.1) is 11.1 Å². The van der Waals surface area contributed by atoms with Gasteiger partial charge in [-0.05, 0) is 38.1 Å². The Labute approximate surface area is 215 Å². The van der Waals surface area contributed by atoms with Crippen LogP contribution in [0.3, 0.4) is 0 Å². The van der Waals surface area contributed by atoms with E-state index in [0.717, 1.165) is 16.0 Å². The number of amides is 3. The van der Waals surface area contributed by atoms with Crippen LogP contribution in [0.15, 0.2) is 48.5 Å². The highest BCUT2D eigenvalue weighted by atomic mass is 19.4. The van der Waals surface area contributed by atoms with Crippen molar-refractivity contribution in [2.24, 2.45) is 5.92 Å². The highest BCUT2D eigenvalue weighted by Crippen LogP contribution is 2.33. The van der Waals surface area contributed by atoms with Crippen molar-refractivity contribution in [1.29, 1.82) is 0 Å². The lowest BCUT2D eigenvalue weighted by molar-refractivity contribution is -0.192. The van der Waals surface area contributed by atoms with Crippen molar-refractivity contribution >= 4 is 23.9 Å². The van der Waals surface area contributed by atoms with E-state index in [4.69, 9.17) is 14.2 Å². The number of benzene rings is 2. The molecular weight excluding hydrogens is 509 g/mol. The molecule has 4 rings (SSSR count). The van der Waals surface area contributed by atoms with Crippen molar-refractivity contribution in [3.8, 4) is 0 Å². The summed E-state index contributed by atoms with van der Waals surface area (Å²) in [5.74, 6) is -5.31. The Kier molecular flexibility index (Phi) is 7.72. The smallest absolute Gasteiger partial charge is 0.402 e. The van der Waals surface area contributed by atoms with Gasteiger partial charge in [0.2, 0.25) is 5.91 Å². The molecule has 0 bridgehead atoms. The van der Waals surface area contributed by atoms with Gasteiger partial charge in [-0.15, -0.1) is 0 Å². The number of imide groups is 1. The Hall–Kier alpha value is -3.93. The van der Waals surface area contributed by atoms with Crippen molar-refractivity contribution in [3.63, 3.8) is 0 Å². The zero-order valence-electron chi connectivity index (χ0n) is 20.5. The van der Waals surface area contributed by atoms with E-state index in [0.29, 0.717) is 0 Å². The predicted molar refractivity (Wildman–Crippen MR) is 125 cm³/mol. The first kappa shape index (κ1) is 27.1. The SMILES string of the molecule is Cc1ccc(C(=O)OC[C@H]2O[C@@H](N3CC(C(F)(F)F)C(=O)NC3=O)C[C@@H]2OC(=O)c2ccc(C)cc2)cc1. The van der Waals surface area contributed by atoms with Gasteiger partial charge in [0.15, 0.2) is 5.92 Å². The fourth-order valence-corrected chi connectivity index (χ4v) is 4.12. The third-order valence-corrected chi connectivity index (χ3v) is 6.32. The lowest BCUT2D eigenvalue weighted by atomic mass is 10.0. The maximum atomic E-state index is 13.3. The Morgan fingerprint density at radius 1 is 0.974 bits per heavy atom. The minimum atomic E-state index is -4.89. The monoisotopic (exact) mass is 534 g/mol. The lowest BCUT2D eigenvalue weighted by Gasteiger charge is -2.36. The van der Waals surface area contributed by atoms with Crippen molar-refractivity contribution < 1.29 is 46.6 Å². The Balaban J connectivity index is 1.50. The number of hydrogen-bond donors (Lipinski definition) is 1. The number of nitrogens with zero attached hydrogens (tertiary/aromatic N) is 1. The van der Waals surface area contributed by atoms with Gasteiger partial charge < -0.3 is 14.2 Å². The van der Waals surface area contributed by atoms with Gasteiger partial charge in [-0.25, -0.2) is 14.4 Å².